The normalized spacial score (nSPS) is 25.0. The number of sulfonamides is 1. The molecule has 17 heteroatoms. The van der Waals surface area contributed by atoms with Crippen LogP contribution in [0.1, 0.15) is 75.3 Å². The summed E-state index contributed by atoms with van der Waals surface area (Å²) < 4.78 is 53.4. The largest absolute Gasteiger partial charge is 0.446 e. The highest BCUT2D eigenvalue weighted by Gasteiger charge is 2.61. The van der Waals surface area contributed by atoms with E-state index in [-0.39, 0.29) is 51.5 Å². The van der Waals surface area contributed by atoms with Crippen LogP contribution in [0, 0.1) is 17.2 Å². The van der Waals surface area contributed by atoms with Crippen LogP contribution in [-0.4, -0.2) is 108 Å². The second-order valence-electron chi connectivity index (χ2n) is 15.3. The topological polar surface area (TPSA) is 189 Å². The van der Waals surface area contributed by atoms with Crippen molar-refractivity contribution in [2.45, 2.75) is 107 Å². The van der Waals surface area contributed by atoms with Gasteiger partial charge in [-0.15, -0.1) is 6.58 Å². The summed E-state index contributed by atoms with van der Waals surface area (Å²) in [6, 6.07) is 2.03. The van der Waals surface area contributed by atoms with Crippen molar-refractivity contribution in [3.63, 3.8) is 0 Å². The monoisotopic (exact) mass is 785 g/mol. The summed E-state index contributed by atoms with van der Waals surface area (Å²) in [6.07, 6.45) is 3.16. The standard InChI is InChI=1S/C38H48FN5O10S/c1-4-24-18-38(24,35(48)41-55(51,52)27-13-14-27)19-32(45)31-17-26(54-37(50)43-20-23-9-8-12-29(39)28(23)22-43)21-44(31)34(47)30(15-16-42(3)33(46)5-2)40-36(49)53-25-10-6-7-11-25/h4-5,8-9,12,24-27,30-31H,1-2,6-7,10-11,13-22H2,3H3,(H,40,49)(H,41,48)/t24-,26?,30+,31+,38-/m1/s1. The second kappa shape index (κ2) is 16.1. The van der Waals surface area contributed by atoms with E-state index >= 15 is 0 Å². The predicted octanol–water partition coefficient (Wildman–Crippen LogP) is 3.08. The number of alkyl carbamates (subject to hydrolysis) is 1. The highest BCUT2D eigenvalue weighted by molar-refractivity contribution is 7.90. The van der Waals surface area contributed by atoms with Gasteiger partial charge in [0.25, 0.3) is 0 Å². The first-order valence-electron chi connectivity index (χ1n) is 18.7. The van der Waals surface area contributed by atoms with Crippen molar-refractivity contribution >= 4 is 45.7 Å². The Hall–Kier alpha value is -4.80. The van der Waals surface area contributed by atoms with Crippen LogP contribution in [0.4, 0.5) is 14.0 Å². The molecule has 1 unspecified atom stereocenters. The molecule has 15 nitrogen and oxygen atoms in total. The molecule has 298 valence electrons. The first-order chi connectivity index (χ1) is 26.1. The Morgan fingerprint density at radius 2 is 1.78 bits per heavy atom. The van der Waals surface area contributed by atoms with Gasteiger partial charge in [-0.05, 0) is 75.0 Å². The van der Waals surface area contributed by atoms with E-state index in [2.05, 4.69) is 23.2 Å². The fourth-order valence-corrected chi connectivity index (χ4v) is 9.23. The van der Waals surface area contributed by atoms with Crippen molar-refractivity contribution in [3.05, 3.63) is 60.5 Å². The molecule has 1 aromatic rings. The third kappa shape index (κ3) is 8.86. The number of likely N-dealkylation sites (N-methyl/N-ethyl adjacent to an activating group) is 1. The summed E-state index contributed by atoms with van der Waals surface area (Å²) in [4.78, 5) is 84.9. The number of hydrogen-bond donors (Lipinski definition) is 2. The maximum atomic E-state index is 14.5. The Kier molecular flexibility index (Phi) is 11.7. The van der Waals surface area contributed by atoms with Crippen molar-refractivity contribution in [1.82, 2.24) is 24.7 Å². The number of nitrogens with zero attached hydrogens (tertiary/aromatic N) is 3. The quantitative estimate of drug-likeness (QED) is 0.198. The number of carbonyl (C=O) groups excluding carboxylic acids is 6. The summed E-state index contributed by atoms with van der Waals surface area (Å²) in [5.74, 6) is -3.47. The van der Waals surface area contributed by atoms with Gasteiger partial charge in [0.2, 0.25) is 27.7 Å². The molecule has 4 fully saturated rings. The van der Waals surface area contributed by atoms with Crippen molar-refractivity contribution < 1.29 is 51.0 Å². The molecule has 6 rings (SSSR count). The average molecular weight is 786 g/mol. The number of hydrogen-bond acceptors (Lipinski definition) is 10. The summed E-state index contributed by atoms with van der Waals surface area (Å²) >= 11 is 0. The Morgan fingerprint density at radius 1 is 1.05 bits per heavy atom. The van der Waals surface area contributed by atoms with Gasteiger partial charge in [-0.25, -0.2) is 22.4 Å². The smallest absolute Gasteiger partial charge is 0.410 e. The van der Waals surface area contributed by atoms with Crippen LogP contribution in [0.15, 0.2) is 43.5 Å². The number of halogens is 1. The predicted molar refractivity (Wildman–Crippen MR) is 195 cm³/mol. The Labute approximate surface area is 319 Å². The molecule has 1 aromatic carbocycles. The molecular weight excluding hydrogens is 738 g/mol. The zero-order chi connectivity index (χ0) is 39.7. The number of allylic oxidation sites excluding steroid dienone is 1. The highest BCUT2D eigenvalue weighted by atomic mass is 32.2. The van der Waals surface area contributed by atoms with E-state index in [1.54, 1.807) is 12.1 Å². The second-order valence-corrected chi connectivity index (χ2v) is 17.2. The first kappa shape index (κ1) is 39.9. The Balaban J connectivity index is 1.23. The van der Waals surface area contributed by atoms with E-state index in [9.17, 15) is 41.6 Å². The van der Waals surface area contributed by atoms with Crippen molar-refractivity contribution in [2.24, 2.45) is 11.3 Å². The molecule has 0 spiro atoms. The van der Waals surface area contributed by atoms with Crippen LogP contribution in [0.2, 0.25) is 0 Å². The zero-order valence-corrected chi connectivity index (χ0v) is 31.7. The van der Waals surface area contributed by atoms with Gasteiger partial charge in [-0.1, -0.05) is 24.8 Å². The number of carbonyl (C=O) groups is 6. The molecular formula is C38H48FN5O10S. The number of Topliss-reactive ketones (excluding diaryl/α,β-unsaturated/α-hetero) is 1. The lowest BCUT2D eigenvalue weighted by atomic mass is 9.91. The van der Waals surface area contributed by atoms with Gasteiger partial charge in [0.05, 0.1) is 29.8 Å². The lowest BCUT2D eigenvalue weighted by Gasteiger charge is -2.30. The third-order valence-electron chi connectivity index (χ3n) is 11.4. The molecule has 3 saturated carbocycles. The first-order valence-corrected chi connectivity index (χ1v) is 20.3. The van der Waals surface area contributed by atoms with Crippen molar-refractivity contribution in [1.29, 1.82) is 0 Å². The molecule has 3 aliphatic carbocycles. The van der Waals surface area contributed by atoms with Gasteiger partial charge in [-0.2, -0.15) is 0 Å². The molecule has 5 aliphatic rings. The van der Waals surface area contributed by atoms with Crippen LogP contribution in [-0.2, 0) is 51.8 Å². The van der Waals surface area contributed by atoms with Gasteiger partial charge in [0.1, 0.15) is 24.1 Å². The van der Waals surface area contributed by atoms with Crippen LogP contribution in [0.5, 0.6) is 0 Å². The molecule has 5 amide bonds. The minimum atomic E-state index is -3.93. The summed E-state index contributed by atoms with van der Waals surface area (Å²) in [6.45, 7) is 7.06. The fourth-order valence-electron chi connectivity index (χ4n) is 7.85. The van der Waals surface area contributed by atoms with Gasteiger partial charge >= 0.3 is 12.2 Å². The summed E-state index contributed by atoms with van der Waals surface area (Å²) in [5, 5.41) is 1.95. The van der Waals surface area contributed by atoms with E-state index in [1.807, 2.05) is 0 Å². The number of fused-ring (bicyclic) bond motifs is 1. The number of amides is 5. The minimum Gasteiger partial charge on any atom is -0.446 e. The van der Waals surface area contributed by atoms with E-state index in [0.29, 0.717) is 36.8 Å². The molecule has 0 radical (unpaired) electrons. The van der Waals surface area contributed by atoms with E-state index < -0.39 is 92.7 Å². The van der Waals surface area contributed by atoms with Gasteiger partial charge < -0.3 is 24.6 Å². The number of benzene rings is 1. The van der Waals surface area contributed by atoms with Crippen LogP contribution < -0.4 is 10.0 Å². The molecule has 2 N–H and O–H groups in total. The molecule has 2 aliphatic heterocycles. The fraction of sp³-hybridized carbons (Fsp3) is 0.579. The molecule has 0 bridgehead atoms. The van der Waals surface area contributed by atoms with E-state index in [0.717, 1.165) is 18.9 Å². The zero-order valence-electron chi connectivity index (χ0n) is 30.9. The third-order valence-corrected chi connectivity index (χ3v) is 13.2. The van der Waals surface area contributed by atoms with E-state index in [1.165, 1.54) is 33.9 Å². The maximum absolute atomic E-state index is 14.5. The average Bonchev–Trinajstić information content (AvgIpc) is 3.95. The Morgan fingerprint density at radius 3 is 2.42 bits per heavy atom. The summed E-state index contributed by atoms with van der Waals surface area (Å²) in [5.41, 5.74) is -0.422. The lowest BCUT2D eigenvalue weighted by Crippen LogP contribution is -2.53. The SMILES string of the molecule is C=CC(=O)N(C)CC[C@H](NC(=O)OC1CCCC1)C(=O)N1CC(OC(=O)N2Cc3cccc(F)c3C2)C[C@H]1C(=O)C[C@]1(C(=O)NS(=O)(=O)C2CC2)C[C@H]1C=C. The molecule has 0 aromatic heterocycles. The minimum absolute atomic E-state index is 0.0156. The number of ketones is 1. The molecule has 1 saturated heterocycles. The van der Waals surface area contributed by atoms with Crippen LogP contribution >= 0.6 is 0 Å². The maximum Gasteiger partial charge on any atom is 0.410 e. The lowest BCUT2D eigenvalue weighted by molar-refractivity contribution is -0.141. The Bertz CT molecular complexity index is 1860. The summed E-state index contributed by atoms with van der Waals surface area (Å²) in [7, 11) is -2.43. The highest BCUT2D eigenvalue weighted by Crippen LogP contribution is 2.57. The van der Waals surface area contributed by atoms with Gasteiger partial charge in [-0.3, -0.25) is 28.8 Å². The molecule has 2 heterocycles. The van der Waals surface area contributed by atoms with Crippen molar-refractivity contribution in [3.8, 4) is 0 Å². The number of ether oxygens (including phenoxy) is 2. The number of likely N-dealkylation sites (tertiary alicyclic amines) is 1. The molecule has 5 atom stereocenters. The number of nitrogens with one attached hydrogen (secondary N) is 2. The van der Waals surface area contributed by atoms with Crippen LogP contribution in [0.3, 0.4) is 0 Å². The van der Waals surface area contributed by atoms with Crippen molar-refractivity contribution in [2.75, 3.05) is 20.1 Å². The van der Waals surface area contributed by atoms with Gasteiger partial charge in [0, 0.05) is 38.5 Å². The van der Waals surface area contributed by atoms with Crippen LogP contribution in [0.25, 0.3) is 0 Å². The van der Waals surface area contributed by atoms with Gasteiger partial charge in [0.15, 0.2) is 5.78 Å². The number of rotatable bonds is 15. The van der Waals surface area contributed by atoms with E-state index in [4.69, 9.17) is 9.47 Å². The molecule has 55 heavy (non-hydrogen) atoms.